The zero-order chi connectivity index (χ0) is 9.26. The summed E-state index contributed by atoms with van der Waals surface area (Å²) in [4.78, 5) is 4.22. The lowest BCUT2D eigenvalue weighted by Crippen LogP contribution is -1.99. The van der Waals surface area contributed by atoms with Crippen molar-refractivity contribution in [3.63, 3.8) is 0 Å². The van der Waals surface area contributed by atoms with E-state index in [2.05, 4.69) is 20.9 Å². The van der Waals surface area contributed by atoms with Gasteiger partial charge >= 0.3 is 0 Å². The molecule has 1 aromatic carbocycles. The number of fused-ring (bicyclic) bond motifs is 1. The van der Waals surface area contributed by atoms with Gasteiger partial charge in [-0.15, -0.1) is 0 Å². The minimum atomic E-state index is 0.140. The Bertz CT molecular complexity index is 424. The second-order valence-corrected chi connectivity index (χ2v) is 3.71. The molecule has 1 aromatic heterocycles. The number of benzene rings is 1. The van der Waals surface area contributed by atoms with Gasteiger partial charge in [0.2, 0.25) is 0 Å². The molecular formula is C9H9BrN2O. The van der Waals surface area contributed by atoms with Gasteiger partial charge in [0.05, 0.1) is 24.0 Å². The lowest BCUT2D eigenvalue weighted by atomic mass is 10.3. The number of halogens is 1. The molecule has 0 radical (unpaired) electrons. The standard InChI is InChI=1S/C9H9BrN2O/c10-7-1-2-9-8(5-7)11-6-12(9)3-4-13/h1-2,5-6,13H,3-4H2. The second kappa shape index (κ2) is 3.47. The molecule has 0 atom stereocenters. The van der Waals surface area contributed by atoms with Crippen molar-refractivity contribution in [1.29, 1.82) is 0 Å². The number of hydrogen-bond donors (Lipinski definition) is 1. The van der Waals surface area contributed by atoms with Crippen LogP contribution in [-0.4, -0.2) is 21.3 Å². The summed E-state index contributed by atoms with van der Waals surface area (Å²) < 4.78 is 2.95. The lowest BCUT2D eigenvalue weighted by molar-refractivity contribution is 0.278. The maximum atomic E-state index is 8.79. The summed E-state index contributed by atoms with van der Waals surface area (Å²) in [5.74, 6) is 0. The van der Waals surface area contributed by atoms with Gasteiger partial charge in [-0.1, -0.05) is 15.9 Å². The van der Waals surface area contributed by atoms with E-state index in [1.165, 1.54) is 0 Å². The Hall–Kier alpha value is -0.870. The first-order valence-corrected chi connectivity index (χ1v) is 4.82. The molecule has 68 valence electrons. The average molecular weight is 241 g/mol. The highest BCUT2D eigenvalue weighted by Gasteiger charge is 2.01. The summed E-state index contributed by atoms with van der Waals surface area (Å²) in [5.41, 5.74) is 2.00. The minimum Gasteiger partial charge on any atom is -0.395 e. The smallest absolute Gasteiger partial charge is 0.0959 e. The molecule has 0 amide bonds. The molecule has 0 aliphatic heterocycles. The van der Waals surface area contributed by atoms with E-state index in [0.717, 1.165) is 15.5 Å². The van der Waals surface area contributed by atoms with Gasteiger partial charge in [0.25, 0.3) is 0 Å². The van der Waals surface area contributed by atoms with Gasteiger partial charge in [0.15, 0.2) is 0 Å². The zero-order valence-corrected chi connectivity index (χ0v) is 8.53. The number of aliphatic hydroxyl groups excluding tert-OH is 1. The summed E-state index contributed by atoms with van der Waals surface area (Å²) >= 11 is 3.38. The maximum Gasteiger partial charge on any atom is 0.0959 e. The van der Waals surface area contributed by atoms with Gasteiger partial charge in [0, 0.05) is 11.0 Å². The van der Waals surface area contributed by atoms with Gasteiger partial charge < -0.3 is 9.67 Å². The largest absolute Gasteiger partial charge is 0.395 e. The van der Waals surface area contributed by atoms with Crippen molar-refractivity contribution in [2.24, 2.45) is 0 Å². The van der Waals surface area contributed by atoms with Crippen molar-refractivity contribution in [2.45, 2.75) is 6.54 Å². The molecule has 1 heterocycles. The first kappa shape index (κ1) is 8.72. The zero-order valence-electron chi connectivity index (χ0n) is 6.94. The molecule has 0 aliphatic rings. The van der Waals surface area contributed by atoms with Crippen LogP contribution in [-0.2, 0) is 6.54 Å². The Labute approximate surface area is 84.1 Å². The summed E-state index contributed by atoms with van der Waals surface area (Å²) in [5, 5.41) is 8.79. The van der Waals surface area contributed by atoms with E-state index in [0.29, 0.717) is 6.54 Å². The fraction of sp³-hybridized carbons (Fsp3) is 0.222. The van der Waals surface area contributed by atoms with E-state index in [4.69, 9.17) is 5.11 Å². The Morgan fingerprint density at radius 2 is 2.31 bits per heavy atom. The van der Waals surface area contributed by atoms with Crippen LogP contribution >= 0.6 is 15.9 Å². The Balaban J connectivity index is 2.55. The maximum absolute atomic E-state index is 8.79. The van der Waals surface area contributed by atoms with Gasteiger partial charge in [-0.2, -0.15) is 0 Å². The monoisotopic (exact) mass is 240 g/mol. The van der Waals surface area contributed by atoms with Crippen molar-refractivity contribution in [3.05, 3.63) is 29.0 Å². The predicted octanol–water partition coefficient (Wildman–Crippen LogP) is 1.79. The molecule has 0 fully saturated rings. The van der Waals surface area contributed by atoms with Crippen molar-refractivity contribution in [3.8, 4) is 0 Å². The molecule has 0 spiro atoms. The summed E-state index contributed by atoms with van der Waals surface area (Å²) in [6.07, 6.45) is 1.74. The lowest BCUT2D eigenvalue weighted by Gasteiger charge is -1.99. The number of imidazole rings is 1. The first-order chi connectivity index (χ1) is 6.31. The quantitative estimate of drug-likeness (QED) is 0.870. The van der Waals surface area contributed by atoms with Gasteiger partial charge in [-0.3, -0.25) is 0 Å². The van der Waals surface area contributed by atoms with E-state index < -0.39 is 0 Å². The fourth-order valence-corrected chi connectivity index (χ4v) is 1.67. The molecule has 0 aliphatic carbocycles. The molecule has 1 N–H and O–H groups in total. The SMILES string of the molecule is OCCn1cnc2cc(Br)ccc21. The Kier molecular flexibility index (Phi) is 2.33. The third kappa shape index (κ3) is 1.59. The Morgan fingerprint density at radius 3 is 3.08 bits per heavy atom. The first-order valence-electron chi connectivity index (χ1n) is 4.02. The van der Waals surface area contributed by atoms with Gasteiger partial charge in [0.1, 0.15) is 0 Å². The van der Waals surface area contributed by atoms with Gasteiger partial charge in [-0.25, -0.2) is 4.98 Å². The molecule has 0 bridgehead atoms. The van der Waals surface area contributed by atoms with E-state index in [1.807, 2.05) is 22.8 Å². The minimum absolute atomic E-state index is 0.140. The van der Waals surface area contributed by atoms with Crippen molar-refractivity contribution in [2.75, 3.05) is 6.61 Å². The fourth-order valence-electron chi connectivity index (χ4n) is 1.32. The predicted molar refractivity (Wildman–Crippen MR) is 54.5 cm³/mol. The topological polar surface area (TPSA) is 38.0 Å². The summed E-state index contributed by atoms with van der Waals surface area (Å²) in [6.45, 7) is 0.736. The van der Waals surface area contributed by atoms with E-state index in [1.54, 1.807) is 6.33 Å². The van der Waals surface area contributed by atoms with Crippen LogP contribution in [0.2, 0.25) is 0 Å². The summed E-state index contributed by atoms with van der Waals surface area (Å²) in [7, 11) is 0. The summed E-state index contributed by atoms with van der Waals surface area (Å²) in [6, 6.07) is 5.92. The third-order valence-electron chi connectivity index (χ3n) is 1.92. The van der Waals surface area contributed by atoms with E-state index in [9.17, 15) is 0 Å². The van der Waals surface area contributed by atoms with Crippen LogP contribution in [0.3, 0.4) is 0 Å². The molecule has 2 rings (SSSR count). The molecule has 4 heteroatoms. The number of hydrogen-bond acceptors (Lipinski definition) is 2. The van der Waals surface area contributed by atoms with Crippen LogP contribution < -0.4 is 0 Å². The van der Waals surface area contributed by atoms with Crippen LogP contribution in [0.4, 0.5) is 0 Å². The molecule has 0 unspecified atom stereocenters. The van der Waals surface area contributed by atoms with Crippen LogP contribution in [0.15, 0.2) is 29.0 Å². The van der Waals surface area contributed by atoms with Crippen LogP contribution in [0, 0.1) is 0 Å². The van der Waals surface area contributed by atoms with E-state index >= 15 is 0 Å². The number of aliphatic hydroxyl groups is 1. The highest BCUT2D eigenvalue weighted by Crippen LogP contribution is 2.18. The van der Waals surface area contributed by atoms with Crippen molar-refractivity contribution in [1.82, 2.24) is 9.55 Å². The van der Waals surface area contributed by atoms with E-state index in [-0.39, 0.29) is 6.61 Å². The van der Waals surface area contributed by atoms with Gasteiger partial charge in [-0.05, 0) is 18.2 Å². The highest BCUT2D eigenvalue weighted by atomic mass is 79.9. The third-order valence-corrected chi connectivity index (χ3v) is 2.42. The van der Waals surface area contributed by atoms with Crippen LogP contribution in [0.25, 0.3) is 11.0 Å². The molecule has 13 heavy (non-hydrogen) atoms. The Morgan fingerprint density at radius 1 is 1.46 bits per heavy atom. The highest BCUT2D eigenvalue weighted by molar-refractivity contribution is 9.10. The normalized spacial score (nSPS) is 10.9. The molecule has 0 saturated heterocycles. The second-order valence-electron chi connectivity index (χ2n) is 2.79. The number of rotatable bonds is 2. The number of nitrogens with zero attached hydrogens (tertiary/aromatic N) is 2. The molecule has 0 saturated carbocycles. The van der Waals surface area contributed by atoms with Crippen molar-refractivity contribution >= 4 is 27.0 Å². The molecule has 2 aromatic rings. The van der Waals surface area contributed by atoms with Crippen LogP contribution in [0.1, 0.15) is 0 Å². The van der Waals surface area contributed by atoms with Crippen LogP contribution in [0.5, 0.6) is 0 Å². The van der Waals surface area contributed by atoms with Crippen molar-refractivity contribution < 1.29 is 5.11 Å². The number of aromatic nitrogens is 2. The average Bonchev–Trinajstić information content (AvgIpc) is 2.49. The molecule has 3 nitrogen and oxygen atoms in total. The molecular weight excluding hydrogens is 232 g/mol.